The molecule has 1 saturated heterocycles. The summed E-state index contributed by atoms with van der Waals surface area (Å²) in [7, 11) is 0. The Labute approximate surface area is 118 Å². The van der Waals surface area contributed by atoms with Crippen LogP contribution in [-0.4, -0.2) is 30.0 Å². The van der Waals surface area contributed by atoms with Crippen molar-refractivity contribution in [2.24, 2.45) is 0 Å². The molecule has 20 heavy (non-hydrogen) atoms. The van der Waals surface area contributed by atoms with Crippen LogP contribution in [0.1, 0.15) is 33.6 Å². The van der Waals surface area contributed by atoms with Crippen molar-refractivity contribution < 1.29 is 4.79 Å². The molecule has 1 atom stereocenters. The first kappa shape index (κ1) is 13.2. The van der Waals surface area contributed by atoms with E-state index in [2.05, 4.69) is 41.6 Å². The van der Waals surface area contributed by atoms with Crippen LogP contribution in [0.2, 0.25) is 0 Å². The standard InChI is InChI=1S/C16H21N3O/c1-9-4-5-10(2)14-13(9)11(3)15(19-14)16(20)18-12-6-7-17-8-12/h4-5,12,17,19H,6-8H2,1-3H3,(H,18,20). The monoisotopic (exact) mass is 271 g/mol. The van der Waals surface area contributed by atoms with Crippen molar-refractivity contribution in [3.63, 3.8) is 0 Å². The predicted octanol–water partition coefficient (Wildman–Crippen LogP) is 2.18. The first-order chi connectivity index (χ1) is 9.58. The number of hydrogen-bond donors (Lipinski definition) is 3. The summed E-state index contributed by atoms with van der Waals surface area (Å²) in [6.45, 7) is 8.02. The minimum atomic E-state index is 0.00574. The van der Waals surface area contributed by atoms with E-state index in [1.807, 2.05) is 6.92 Å². The summed E-state index contributed by atoms with van der Waals surface area (Å²) in [6.07, 6.45) is 1.00. The number of amides is 1. The molecule has 0 bridgehead atoms. The maximum atomic E-state index is 12.4. The molecule has 1 amide bonds. The molecule has 106 valence electrons. The summed E-state index contributed by atoms with van der Waals surface area (Å²) < 4.78 is 0. The molecule has 2 aromatic rings. The summed E-state index contributed by atoms with van der Waals surface area (Å²) in [5.41, 5.74) is 5.21. The highest BCUT2D eigenvalue weighted by molar-refractivity contribution is 6.02. The van der Waals surface area contributed by atoms with E-state index in [9.17, 15) is 4.79 Å². The molecule has 0 radical (unpaired) electrons. The lowest BCUT2D eigenvalue weighted by Crippen LogP contribution is -2.36. The maximum Gasteiger partial charge on any atom is 0.268 e. The van der Waals surface area contributed by atoms with Crippen molar-refractivity contribution in [2.45, 2.75) is 33.2 Å². The molecule has 0 saturated carbocycles. The molecule has 4 heteroatoms. The Kier molecular flexibility index (Phi) is 3.26. The molecular weight excluding hydrogens is 250 g/mol. The lowest BCUT2D eigenvalue weighted by atomic mass is 10.0. The van der Waals surface area contributed by atoms with E-state index in [0.717, 1.165) is 30.6 Å². The van der Waals surface area contributed by atoms with Gasteiger partial charge in [-0.15, -0.1) is 0 Å². The fourth-order valence-electron chi connectivity index (χ4n) is 3.06. The fourth-order valence-corrected chi connectivity index (χ4v) is 3.06. The van der Waals surface area contributed by atoms with Crippen molar-refractivity contribution in [1.82, 2.24) is 15.6 Å². The van der Waals surface area contributed by atoms with E-state index in [1.54, 1.807) is 0 Å². The summed E-state index contributed by atoms with van der Waals surface area (Å²) >= 11 is 0. The summed E-state index contributed by atoms with van der Waals surface area (Å²) in [5, 5.41) is 7.55. The largest absolute Gasteiger partial charge is 0.350 e. The molecule has 0 aliphatic carbocycles. The van der Waals surface area contributed by atoms with Gasteiger partial charge in [0.2, 0.25) is 0 Å². The Hall–Kier alpha value is -1.81. The number of nitrogens with one attached hydrogen (secondary N) is 3. The van der Waals surface area contributed by atoms with Crippen molar-refractivity contribution in [3.8, 4) is 0 Å². The van der Waals surface area contributed by atoms with E-state index in [4.69, 9.17) is 0 Å². The zero-order valence-electron chi connectivity index (χ0n) is 12.3. The van der Waals surface area contributed by atoms with E-state index in [-0.39, 0.29) is 11.9 Å². The third-order valence-electron chi connectivity index (χ3n) is 4.24. The van der Waals surface area contributed by atoms with Crippen LogP contribution in [0.15, 0.2) is 12.1 Å². The normalized spacial score (nSPS) is 18.6. The molecule has 0 spiro atoms. The minimum Gasteiger partial charge on any atom is -0.350 e. The summed E-state index contributed by atoms with van der Waals surface area (Å²) in [4.78, 5) is 15.8. The number of hydrogen-bond acceptors (Lipinski definition) is 2. The number of benzene rings is 1. The van der Waals surface area contributed by atoms with E-state index < -0.39 is 0 Å². The van der Waals surface area contributed by atoms with Crippen molar-refractivity contribution in [3.05, 3.63) is 34.5 Å². The molecule has 2 heterocycles. The number of H-pyrrole nitrogens is 1. The average Bonchev–Trinajstić information content (AvgIpc) is 3.02. The second-order valence-electron chi connectivity index (χ2n) is 5.74. The van der Waals surface area contributed by atoms with Gasteiger partial charge in [0.1, 0.15) is 5.69 Å². The van der Waals surface area contributed by atoms with Crippen LogP contribution in [0.4, 0.5) is 0 Å². The van der Waals surface area contributed by atoms with Crippen LogP contribution in [0, 0.1) is 20.8 Å². The fraction of sp³-hybridized carbons (Fsp3) is 0.438. The van der Waals surface area contributed by atoms with Crippen LogP contribution in [0.25, 0.3) is 10.9 Å². The lowest BCUT2D eigenvalue weighted by molar-refractivity contribution is 0.0935. The zero-order valence-corrected chi connectivity index (χ0v) is 12.3. The number of aryl methyl sites for hydroxylation is 3. The van der Waals surface area contributed by atoms with Crippen LogP contribution < -0.4 is 10.6 Å². The van der Waals surface area contributed by atoms with E-state index >= 15 is 0 Å². The second-order valence-corrected chi connectivity index (χ2v) is 5.74. The van der Waals surface area contributed by atoms with Crippen LogP contribution in [0.3, 0.4) is 0 Å². The second kappa shape index (κ2) is 4.94. The summed E-state index contributed by atoms with van der Waals surface area (Å²) in [6, 6.07) is 4.45. The molecular formula is C16H21N3O. The molecule has 1 fully saturated rings. The molecule has 3 rings (SSSR count). The average molecular weight is 271 g/mol. The van der Waals surface area contributed by atoms with Gasteiger partial charge < -0.3 is 15.6 Å². The number of carbonyl (C=O) groups excluding carboxylic acids is 1. The topological polar surface area (TPSA) is 56.9 Å². The van der Waals surface area contributed by atoms with Crippen LogP contribution in [-0.2, 0) is 0 Å². The Bertz CT molecular complexity index is 666. The van der Waals surface area contributed by atoms with E-state index in [0.29, 0.717) is 5.69 Å². The van der Waals surface area contributed by atoms with Crippen LogP contribution >= 0.6 is 0 Å². The molecule has 4 nitrogen and oxygen atoms in total. The van der Waals surface area contributed by atoms with Gasteiger partial charge in [-0.05, 0) is 50.4 Å². The Morgan fingerprint density at radius 2 is 2.00 bits per heavy atom. The van der Waals surface area contributed by atoms with Gasteiger partial charge in [0.15, 0.2) is 0 Å². The number of rotatable bonds is 2. The van der Waals surface area contributed by atoms with Crippen molar-refractivity contribution in [1.29, 1.82) is 0 Å². The molecule has 1 unspecified atom stereocenters. The van der Waals surface area contributed by atoms with Gasteiger partial charge in [0.05, 0.1) is 0 Å². The predicted molar refractivity (Wildman–Crippen MR) is 81.3 cm³/mol. The Balaban J connectivity index is 1.99. The van der Waals surface area contributed by atoms with Crippen molar-refractivity contribution >= 4 is 16.8 Å². The van der Waals surface area contributed by atoms with Gasteiger partial charge in [-0.3, -0.25) is 4.79 Å². The van der Waals surface area contributed by atoms with Gasteiger partial charge in [-0.2, -0.15) is 0 Å². The highest BCUT2D eigenvalue weighted by atomic mass is 16.2. The Morgan fingerprint density at radius 1 is 1.25 bits per heavy atom. The molecule has 1 aromatic heterocycles. The molecule has 3 N–H and O–H groups in total. The number of fused-ring (bicyclic) bond motifs is 1. The van der Waals surface area contributed by atoms with Gasteiger partial charge in [0.25, 0.3) is 5.91 Å². The third-order valence-corrected chi connectivity index (χ3v) is 4.24. The first-order valence-electron chi connectivity index (χ1n) is 7.18. The highest BCUT2D eigenvalue weighted by Gasteiger charge is 2.21. The molecule has 1 aromatic carbocycles. The van der Waals surface area contributed by atoms with Gasteiger partial charge in [0, 0.05) is 23.5 Å². The molecule has 1 aliphatic rings. The quantitative estimate of drug-likeness (QED) is 0.784. The highest BCUT2D eigenvalue weighted by Crippen LogP contribution is 2.27. The third kappa shape index (κ3) is 2.10. The van der Waals surface area contributed by atoms with Crippen molar-refractivity contribution in [2.75, 3.05) is 13.1 Å². The number of carbonyl (C=O) groups is 1. The number of aromatic amines is 1. The first-order valence-corrected chi connectivity index (χ1v) is 7.18. The smallest absolute Gasteiger partial charge is 0.268 e. The zero-order chi connectivity index (χ0) is 14.3. The molecule has 1 aliphatic heterocycles. The Morgan fingerprint density at radius 3 is 2.65 bits per heavy atom. The number of aromatic nitrogens is 1. The van der Waals surface area contributed by atoms with Gasteiger partial charge in [-0.25, -0.2) is 0 Å². The van der Waals surface area contributed by atoms with Gasteiger partial charge >= 0.3 is 0 Å². The van der Waals surface area contributed by atoms with E-state index in [1.165, 1.54) is 16.5 Å². The van der Waals surface area contributed by atoms with Crippen LogP contribution in [0.5, 0.6) is 0 Å². The SMILES string of the molecule is Cc1ccc(C)c2c(C)c(C(=O)NC3CCNC3)[nH]c12. The lowest BCUT2D eigenvalue weighted by Gasteiger charge is -2.10. The maximum absolute atomic E-state index is 12.4. The van der Waals surface area contributed by atoms with Gasteiger partial charge in [-0.1, -0.05) is 12.1 Å². The summed E-state index contributed by atoms with van der Waals surface area (Å²) in [5.74, 6) is 0.00574. The minimum absolute atomic E-state index is 0.00574.